The SMILES string of the molecule is CCOP(=O)(OCC)C(Nc1nc(-c2cccc(N)c2)nc2sccc12)P(=O)(OCC)OCC. The lowest BCUT2D eigenvalue weighted by Gasteiger charge is -2.32. The molecule has 13 heteroatoms. The Labute approximate surface area is 203 Å². The van der Waals surface area contributed by atoms with Crippen molar-refractivity contribution >= 4 is 48.3 Å². The van der Waals surface area contributed by atoms with Crippen LogP contribution >= 0.6 is 26.5 Å². The molecule has 0 amide bonds. The normalized spacial score (nSPS) is 12.5. The van der Waals surface area contributed by atoms with Crippen LogP contribution in [-0.4, -0.2) is 41.9 Å². The predicted molar refractivity (Wildman–Crippen MR) is 136 cm³/mol. The van der Waals surface area contributed by atoms with Gasteiger partial charge in [0.15, 0.2) is 5.82 Å². The molecule has 1 aromatic carbocycles. The number of rotatable bonds is 13. The molecule has 0 radical (unpaired) electrons. The van der Waals surface area contributed by atoms with Crippen LogP contribution in [0.25, 0.3) is 21.6 Å². The van der Waals surface area contributed by atoms with E-state index in [1.54, 1.807) is 45.9 Å². The molecule has 186 valence electrons. The summed E-state index contributed by atoms with van der Waals surface area (Å²) in [5, 5.41) is 5.56. The number of nitrogens with two attached hydrogens (primary N) is 1. The molecule has 0 saturated heterocycles. The van der Waals surface area contributed by atoms with Crippen LogP contribution in [0.15, 0.2) is 35.7 Å². The highest BCUT2D eigenvalue weighted by molar-refractivity contribution is 7.73. The second kappa shape index (κ2) is 11.7. The molecule has 0 atom stereocenters. The minimum absolute atomic E-state index is 0.0693. The fraction of sp³-hybridized carbons (Fsp3) is 0.429. The van der Waals surface area contributed by atoms with Gasteiger partial charge in [0.05, 0.1) is 31.8 Å². The summed E-state index contributed by atoms with van der Waals surface area (Å²) in [7, 11) is -8.06. The summed E-state index contributed by atoms with van der Waals surface area (Å²) in [5.74, 6) is 0.696. The number of hydrogen-bond donors (Lipinski definition) is 2. The van der Waals surface area contributed by atoms with Gasteiger partial charge in [-0.2, -0.15) is 0 Å². The molecule has 34 heavy (non-hydrogen) atoms. The highest BCUT2D eigenvalue weighted by Crippen LogP contribution is 2.70. The molecule has 0 bridgehead atoms. The first kappa shape index (κ1) is 26.8. The average Bonchev–Trinajstić information content (AvgIpc) is 3.27. The van der Waals surface area contributed by atoms with E-state index in [0.717, 1.165) is 0 Å². The minimum atomic E-state index is -4.03. The molecule has 0 unspecified atom stereocenters. The van der Waals surface area contributed by atoms with Crippen molar-refractivity contribution in [1.82, 2.24) is 9.97 Å². The molecule has 2 heterocycles. The summed E-state index contributed by atoms with van der Waals surface area (Å²) in [5.41, 5.74) is 5.76. The van der Waals surface area contributed by atoms with E-state index in [1.165, 1.54) is 11.3 Å². The van der Waals surface area contributed by atoms with E-state index >= 15 is 0 Å². The molecule has 0 aliphatic heterocycles. The van der Waals surface area contributed by atoms with Gasteiger partial charge in [0, 0.05) is 11.3 Å². The van der Waals surface area contributed by atoms with Crippen LogP contribution in [0.2, 0.25) is 0 Å². The van der Waals surface area contributed by atoms with Crippen molar-refractivity contribution in [3.63, 3.8) is 0 Å². The van der Waals surface area contributed by atoms with Crippen molar-refractivity contribution in [3.8, 4) is 11.4 Å². The average molecular weight is 529 g/mol. The maximum Gasteiger partial charge on any atom is 0.365 e. The van der Waals surface area contributed by atoms with Crippen LogP contribution in [0, 0.1) is 0 Å². The number of fused-ring (bicyclic) bond motifs is 1. The fourth-order valence-electron chi connectivity index (χ4n) is 3.30. The van der Waals surface area contributed by atoms with Crippen LogP contribution in [-0.2, 0) is 27.2 Å². The smallest absolute Gasteiger partial charge is 0.365 e. The quantitative estimate of drug-likeness (QED) is 0.196. The minimum Gasteiger partial charge on any atom is -0.399 e. The first-order chi connectivity index (χ1) is 16.3. The Morgan fingerprint density at radius 3 is 2.06 bits per heavy atom. The van der Waals surface area contributed by atoms with Crippen LogP contribution in [0.3, 0.4) is 0 Å². The van der Waals surface area contributed by atoms with Crippen molar-refractivity contribution in [2.24, 2.45) is 0 Å². The molecule has 3 aromatic rings. The zero-order valence-corrected chi connectivity index (χ0v) is 22.2. The van der Waals surface area contributed by atoms with E-state index in [1.807, 2.05) is 17.5 Å². The van der Waals surface area contributed by atoms with Crippen molar-refractivity contribution in [1.29, 1.82) is 0 Å². The van der Waals surface area contributed by atoms with Gasteiger partial charge in [0.25, 0.3) is 0 Å². The lowest BCUT2D eigenvalue weighted by molar-refractivity contribution is 0.198. The van der Waals surface area contributed by atoms with E-state index in [-0.39, 0.29) is 26.4 Å². The van der Waals surface area contributed by atoms with E-state index in [4.69, 9.17) is 23.8 Å². The van der Waals surface area contributed by atoms with E-state index < -0.39 is 20.7 Å². The molecular weight excluding hydrogens is 498 g/mol. The molecular formula is C21H30N4O6P2S. The molecule has 0 spiro atoms. The van der Waals surface area contributed by atoms with Crippen molar-refractivity contribution in [2.45, 2.75) is 33.2 Å². The number of nitrogens with zero attached hydrogens (tertiary/aromatic N) is 2. The Bertz CT molecular complexity index is 1160. The van der Waals surface area contributed by atoms with Gasteiger partial charge in [-0.3, -0.25) is 9.13 Å². The standard InChI is InChI=1S/C21H30N4O6P2S/c1-5-28-32(26,29-6-2)21(33(27,30-7-3)31-8-4)25-19-17-12-13-34-20(17)24-18(23-19)15-10-9-11-16(22)14-15/h9-14,21H,5-8,22H2,1-4H3,(H,23,24,25). The molecule has 10 nitrogen and oxygen atoms in total. The van der Waals surface area contributed by atoms with E-state index in [9.17, 15) is 9.13 Å². The summed E-state index contributed by atoms with van der Waals surface area (Å²) in [4.78, 5) is 9.97. The number of anilines is 2. The van der Waals surface area contributed by atoms with Crippen LogP contribution in [0.1, 0.15) is 27.7 Å². The van der Waals surface area contributed by atoms with Crippen molar-refractivity contribution in [3.05, 3.63) is 35.7 Å². The summed E-state index contributed by atoms with van der Waals surface area (Å²) >= 11 is 1.41. The predicted octanol–water partition coefficient (Wildman–Crippen LogP) is 6.17. The third-order valence-electron chi connectivity index (χ3n) is 4.57. The van der Waals surface area contributed by atoms with Gasteiger partial charge in [-0.05, 0) is 51.3 Å². The molecule has 2 aromatic heterocycles. The largest absolute Gasteiger partial charge is 0.399 e. The highest BCUT2D eigenvalue weighted by Gasteiger charge is 2.51. The van der Waals surface area contributed by atoms with Crippen LogP contribution in [0.5, 0.6) is 0 Å². The maximum absolute atomic E-state index is 13.9. The summed E-state index contributed by atoms with van der Waals surface area (Å²) in [6, 6.07) is 8.99. The first-order valence-electron chi connectivity index (χ1n) is 10.9. The Morgan fingerprint density at radius 2 is 1.53 bits per heavy atom. The Kier molecular flexibility index (Phi) is 9.23. The number of nitrogens with one attached hydrogen (secondary N) is 1. The molecule has 3 N–H and O–H groups in total. The summed E-state index contributed by atoms with van der Waals surface area (Å²) in [6.45, 7) is 6.98. The van der Waals surface area contributed by atoms with Gasteiger partial charge in [0.2, 0.25) is 5.52 Å². The molecule has 0 aliphatic carbocycles. The maximum atomic E-state index is 13.9. The molecule has 0 aliphatic rings. The highest BCUT2D eigenvalue weighted by atomic mass is 32.1. The third kappa shape index (κ3) is 5.86. The van der Waals surface area contributed by atoms with Gasteiger partial charge in [0.1, 0.15) is 10.6 Å². The zero-order valence-electron chi connectivity index (χ0n) is 19.6. The third-order valence-corrected chi connectivity index (χ3v) is 11.0. The second-order valence-corrected chi connectivity index (χ2v) is 12.5. The first-order valence-corrected chi connectivity index (χ1v) is 15.1. The Balaban J connectivity index is 2.18. The number of thiophene rings is 1. The van der Waals surface area contributed by atoms with E-state index in [2.05, 4.69) is 15.3 Å². The number of benzene rings is 1. The molecule has 0 fully saturated rings. The Morgan fingerprint density at radius 1 is 0.941 bits per heavy atom. The van der Waals surface area contributed by atoms with Gasteiger partial charge < -0.3 is 29.1 Å². The number of hydrogen-bond acceptors (Lipinski definition) is 11. The van der Waals surface area contributed by atoms with Crippen molar-refractivity contribution in [2.75, 3.05) is 37.5 Å². The number of nitrogen functional groups attached to an aromatic ring is 1. The van der Waals surface area contributed by atoms with E-state index in [0.29, 0.717) is 33.1 Å². The molecule has 0 saturated carbocycles. The molecule has 3 rings (SSSR count). The van der Waals surface area contributed by atoms with Gasteiger partial charge in [-0.1, -0.05) is 12.1 Å². The van der Waals surface area contributed by atoms with Gasteiger partial charge in [-0.15, -0.1) is 11.3 Å². The lowest BCUT2D eigenvalue weighted by atomic mass is 10.2. The van der Waals surface area contributed by atoms with Crippen molar-refractivity contribution < 1.29 is 27.2 Å². The van der Waals surface area contributed by atoms with Gasteiger partial charge in [-0.25, -0.2) is 9.97 Å². The summed E-state index contributed by atoms with van der Waals surface area (Å²) < 4.78 is 50.0. The topological polar surface area (TPSA) is 135 Å². The Hall–Kier alpha value is -1.84. The summed E-state index contributed by atoms with van der Waals surface area (Å²) in [6.07, 6.45) is 0. The zero-order chi connectivity index (χ0) is 24.8. The van der Waals surface area contributed by atoms with Crippen LogP contribution < -0.4 is 11.1 Å². The lowest BCUT2D eigenvalue weighted by Crippen LogP contribution is -2.26. The second-order valence-electron chi connectivity index (χ2n) is 6.93. The van der Waals surface area contributed by atoms with Gasteiger partial charge >= 0.3 is 15.2 Å². The number of aromatic nitrogens is 2. The fourth-order valence-corrected chi connectivity index (χ4v) is 8.97. The monoisotopic (exact) mass is 528 g/mol. The van der Waals surface area contributed by atoms with Crippen LogP contribution in [0.4, 0.5) is 11.5 Å².